The first-order valence-corrected chi connectivity index (χ1v) is 9.09. The third kappa shape index (κ3) is 2.56. The Bertz CT molecular complexity index is 1060. The number of aliphatic imine (C=N–C) groups is 2. The van der Waals surface area contributed by atoms with Crippen molar-refractivity contribution in [3.63, 3.8) is 0 Å². The number of H-pyrrole nitrogens is 1. The van der Waals surface area contributed by atoms with Gasteiger partial charge in [-0.1, -0.05) is 12.1 Å². The second kappa shape index (κ2) is 6.02. The lowest BCUT2D eigenvalue weighted by Crippen LogP contribution is -2.19. The Morgan fingerprint density at radius 2 is 1.50 bits per heavy atom. The maximum atomic E-state index is 4.52. The summed E-state index contributed by atoms with van der Waals surface area (Å²) < 4.78 is 0. The van der Waals surface area contributed by atoms with Crippen LogP contribution in [-0.2, 0) is 0 Å². The Labute approximate surface area is 152 Å². The normalized spacial score (nSPS) is 16.3. The van der Waals surface area contributed by atoms with Gasteiger partial charge in [-0.3, -0.25) is 9.98 Å². The minimum absolute atomic E-state index is 0.859. The van der Waals surface area contributed by atoms with Gasteiger partial charge in [0.1, 0.15) is 11.7 Å². The van der Waals surface area contributed by atoms with Gasteiger partial charge in [0, 0.05) is 46.4 Å². The molecule has 5 rings (SSSR count). The topological polar surface area (TPSA) is 64.6 Å². The molecule has 0 bridgehead atoms. The van der Waals surface area contributed by atoms with Gasteiger partial charge in [0.05, 0.1) is 13.1 Å². The fourth-order valence-corrected chi connectivity index (χ4v) is 3.72. The van der Waals surface area contributed by atoms with Crippen LogP contribution in [0.15, 0.2) is 52.4 Å². The van der Waals surface area contributed by atoms with Crippen molar-refractivity contribution in [1.29, 1.82) is 0 Å². The molecule has 5 heteroatoms. The first-order valence-electron chi connectivity index (χ1n) is 9.09. The molecule has 0 amide bonds. The lowest BCUT2D eigenvalue weighted by atomic mass is 10.0. The third-order valence-corrected chi connectivity index (χ3v) is 5.03. The average molecular weight is 343 g/mol. The standard InChI is InChI=1S/C21H21N5/c1-13-10-14(20-22-6-7-23-20)2-4-17(13)19-12-16-11-15(3-5-18(16)26-19)21-24-8-9-25-21/h2-5,10-12,26H,6-9H2,1H3,(H,22,23)(H,24,25). The average Bonchev–Trinajstić information content (AvgIpc) is 3.41. The van der Waals surface area contributed by atoms with E-state index in [2.05, 4.69) is 75.0 Å². The number of nitrogens with one attached hydrogen (secondary N) is 3. The van der Waals surface area contributed by atoms with Gasteiger partial charge >= 0.3 is 0 Å². The molecule has 1 aromatic heterocycles. The Hall–Kier alpha value is -3.08. The zero-order valence-corrected chi connectivity index (χ0v) is 14.8. The molecule has 0 atom stereocenters. The highest BCUT2D eigenvalue weighted by Gasteiger charge is 2.13. The molecular formula is C21H21N5. The number of fused-ring (bicyclic) bond motifs is 1. The van der Waals surface area contributed by atoms with Crippen LogP contribution >= 0.6 is 0 Å². The van der Waals surface area contributed by atoms with Crippen molar-refractivity contribution >= 4 is 22.6 Å². The first-order chi connectivity index (χ1) is 12.8. The van der Waals surface area contributed by atoms with Crippen LogP contribution in [0, 0.1) is 6.92 Å². The van der Waals surface area contributed by atoms with E-state index in [0.717, 1.165) is 60.2 Å². The molecule has 3 N–H and O–H groups in total. The molecule has 3 aromatic rings. The maximum absolute atomic E-state index is 4.52. The Morgan fingerprint density at radius 3 is 2.15 bits per heavy atom. The van der Waals surface area contributed by atoms with Crippen LogP contribution in [0.2, 0.25) is 0 Å². The summed E-state index contributed by atoms with van der Waals surface area (Å²) in [6, 6.07) is 15.2. The molecule has 130 valence electrons. The summed E-state index contributed by atoms with van der Waals surface area (Å²) in [5, 5.41) is 7.89. The van der Waals surface area contributed by atoms with E-state index in [1.165, 1.54) is 16.5 Å². The van der Waals surface area contributed by atoms with Gasteiger partial charge in [-0.15, -0.1) is 0 Å². The lowest BCUT2D eigenvalue weighted by molar-refractivity contribution is 0.960. The van der Waals surface area contributed by atoms with Gasteiger partial charge in [-0.2, -0.15) is 0 Å². The lowest BCUT2D eigenvalue weighted by Gasteiger charge is -2.08. The predicted octanol–water partition coefficient (Wildman–Crippen LogP) is 2.84. The highest BCUT2D eigenvalue weighted by molar-refractivity contribution is 6.03. The van der Waals surface area contributed by atoms with Gasteiger partial charge in [0.25, 0.3) is 0 Å². The zero-order chi connectivity index (χ0) is 17.5. The number of aryl methyl sites for hydroxylation is 1. The van der Waals surface area contributed by atoms with Crippen molar-refractivity contribution in [3.8, 4) is 11.3 Å². The second-order valence-corrected chi connectivity index (χ2v) is 6.83. The highest BCUT2D eigenvalue weighted by Crippen LogP contribution is 2.28. The van der Waals surface area contributed by atoms with Gasteiger partial charge in [0.2, 0.25) is 0 Å². The summed E-state index contributed by atoms with van der Waals surface area (Å²) in [5.41, 5.74) is 7.07. The smallest absolute Gasteiger partial charge is 0.128 e. The van der Waals surface area contributed by atoms with Crippen molar-refractivity contribution < 1.29 is 0 Å². The first kappa shape index (κ1) is 15.2. The summed E-state index contributed by atoms with van der Waals surface area (Å²) in [5.74, 6) is 2.01. The van der Waals surface area contributed by atoms with Crippen LogP contribution in [0.4, 0.5) is 0 Å². The maximum Gasteiger partial charge on any atom is 0.128 e. The van der Waals surface area contributed by atoms with E-state index in [-0.39, 0.29) is 0 Å². The SMILES string of the molecule is Cc1cc(C2=NCCN2)ccc1-c1cc2cc(C3=NCCN3)ccc2[nH]1. The molecule has 2 aliphatic heterocycles. The van der Waals surface area contributed by atoms with Crippen LogP contribution in [0.5, 0.6) is 0 Å². The van der Waals surface area contributed by atoms with Crippen LogP contribution in [0.1, 0.15) is 16.7 Å². The number of hydrogen-bond acceptors (Lipinski definition) is 4. The van der Waals surface area contributed by atoms with E-state index in [1.54, 1.807) is 0 Å². The van der Waals surface area contributed by atoms with Gasteiger partial charge < -0.3 is 15.6 Å². The second-order valence-electron chi connectivity index (χ2n) is 6.83. The van der Waals surface area contributed by atoms with Crippen molar-refractivity contribution in [1.82, 2.24) is 15.6 Å². The molecule has 2 aliphatic rings. The van der Waals surface area contributed by atoms with E-state index in [0.29, 0.717) is 0 Å². The number of benzene rings is 2. The highest BCUT2D eigenvalue weighted by atomic mass is 15.1. The van der Waals surface area contributed by atoms with E-state index >= 15 is 0 Å². The van der Waals surface area contributed by atoms with Crippen molar-refractivity contribution in [3.05, 3.63) is 59.2 Å². The summed E-state index contributed by atoms with van der Waals surface area (Å²) in [7, 11) is 0. The van der Waals surface area contributed by atoms with E-state index in [9.17, 15) is 0 Å². The Morgan fingerprint density at radius 1 is 0.808 bits per heavy atom. The van der Waals surface area contributed by atoms with Crippen molar-refractivity contribution in [2.45, 2.75) is 6.92 Å². The number of rotatable bonds is 3. The fourth-order valence-electron chi connectivity index (χ4n) is 3.72. The van der Waals surface area contributed by atoms with Crippen molar-refractivity contribution in [2.75, 3.05) is 26.2 Å². The molecule has 0 spiro atoms. The summed E-state index contributed by atoms with van der Waals surface area (Å²) >= 11 is 0. The largest absolute Gasteiger partial charge is 0.368 e. The summed E-state index contributed by atoms with van der Waals surface area (Å²) in [4.78, 5) is 12.6. The number of amidine groups is 2. The molecule has 2 aromatic carbocycles. The van der Waals surface area contributed by atoms with E-state index in [4.69, 9.17) is 0 Å². The molecule has 0 saturated heterocycles. The molecule has 0 fully saturated rings. The van der Waals surface area contributed by atoms with Crippen LogP contribution < -0.4 is 10.6 Å². The molecule has 5 nitrogen and oxygen atoms in total. The quantitative estimate of drug-likeness (QED) is 0.685. The van der Waals surface area contributed by atoms with Gasteiger partial charge in [0.15, 0.2) is 0 Å². The number of aromatic amines is 1. The number of hydrogen-bond donors (Lipinski definition) is 3. The molecular weight excluding hydrogens is 322 g/mol. The van der Waals surface area contributed by atoms with Crippen LogP contribution in [-0.4, -0.2) is 42.8 Å². The molecule has 0 saturated carbocycles. The molecule has 3 heterocycles. The van der Waals surface area contributed by atoms with Gasteiger partial charge in [-0.25, -0.2) is 0 Å². The third-order valence-electron chi connectivity index (χ3n) is 5.03. The monoisotopic (exact) mass is 343 g/mol. The van der Waals surface area contributed by atoms with Gasteiger partial charge in [-0.05, 0) is 42.8 Å². The minimum Gasteiger partial charge on any atom is -0.368 e. The summed E-state index contributed by atoms with van der Waals surface area (Å²) in [6.07, 6.45) is 0. The van der Waals surface area contributed by atoms with E-state index in [1.807, 2.05) is 0 Å². The molecule has 0 unspecified atom stereocenters. The van der Waals surface area contributed by atoms with Crippen LogP contribution in [0.3, 0.4) is 0 Å². The molecule has 0 aliphatic carbocycles. The van der Waals surface area contributed by atoms with E-state index < -0.39 is 0 Å². The van der Waals surface area contributed by atoms with Crippen molar-refractivity contribution in [2.24, 2.45) is 9.98 Å². The molecule has 26 heavy (non-hydrogen) atoms. The fraction of sp³-hybridized carbons (Fsp3) is 0.238. The number of aromatic nitrogens is 1. The zero-order valence-electron chi connectivity index (χ0n) is 14.8. The summed E-state index contributed by atoms with van der Waals surface area (Å²) in [6.45, 7) is 5.73. The minimum atomic E-state index is 0.859. The van der Waals surface area contributed by atoms with Crippen LogP contribution in [0.25, 0.3) is 22.2 Å². The Balaban J connectivity index is 1.52. The predicted molar refractivity (Wildman–Crippen MR) is 107 cm³/mol. The molecule has 0 radical (unpaired) electrons. The Kier molecular flexibility index (Phi) is 3.52. The number of nitrogens with zero attached hydrogens (tertiary/aromatic N) is 2.